The highest BCUT2D eigenvalue weighted by Gasteiger charge is 2.06. The molecule has 0 aliphatic carbocycles. The second kappa shape index (κ2) is 6.65. The third kappa shape index (κ3) is 3.52. The lowest BCUT2D eigenvalue weighted by Crippen LogP contribution is -1.94. The number of aromatic nitrogens is 1. The second-order valence-corrected chi connectivity index (χ2v) is 6.49. The predicted molar refractivity (Wildman–Crippen MR) is 99.0 cm³/mol. The normalized spacial score (nSPS) is 11.3. The maximum absolute atomic E-state index is 12.2. The number of hydrogen-bond acceptors (Lipinski definition) is 2. The van der Waals surface area contributed by atoms with Crippen LogP contribution in [0.2, 0.25) is 5.15 Å². The molecule has 1 aromatic heterocycles. The zero-order valence-electron chi connectivity index (χ0n) is 12.4. The van der Waals surface area contributed by atoms with Crippen molar-refractivity contribution in [3.8, 4) is 0 Å². The highest BCUT2D eigenvalue weighted by atomic mass is 79.9. The van der Waals surface area contributed by atoms with Crippen LogP contribution in [0, 0.1) is 6.92 Å². The van der Waals surface area contributed by atoms with Crippen molar-refractivity contribution in [1.82, 2.24) is 4.98 Å². The summed E-state index contributed by atoms with van der Waals surface area (Å²) in [7, 11) is 0. The maximum Gasteiger partial charge on any atom is 0.185 e. The van der Waals surface area contributed by atoms with Crippen LogP contribution in [0.15, 0.2) is 59.1 Å². The summed E-state index contributed by atoms with van der Waals surface area (Å²) < 4.78 is 0.940. The van der Waals surface area contributed by atoms with Gasteiger partial charge in [0.05, 0.1) is 5.52 Å². The molecule has 2 nitrogen and oxygen atoms in total. The number of halogens is 2. The molecule has 0 amide bonds. The molecule has 2 aromatic carbocycles. The van der Waals surface area contributed by atoms with Crippen molar-refractivity contribution in [3.63, 3.8) is 0 Å². The lowest BCUT2D eigenvalue weighted by molar-refractivity contribution is 0.104. The fourth-order valence-corrected chi connectivity index (χ4v) is 2.80. The Hall–Kier alpha value is -1.97. The summed E-state index contributed by atoms with van der Waals surface area (Å²) in [6.07, 6.45) is 3.23. The van der Waals surface area contributed by atoms with Gasteiger partial charge in [0.25, 0.3) is 0 Å². The SMILES string of the molecule is Cc1cccc2cc(C=CC(=O)c3ccc(Br)cc3)c(Cl)nc12. The number of carbonyl (C=O) groups excluding carboxylic acids is 1. The first kappa shape index (κ1) is 15.9. The summed E-state index contributed by atoms with van der Waals surface area (Å²) in [5.41, 5.74) is 3.32. The Morgan fingerprint density at radius 2 is 1.91 bits per heavy atom. The van der Waals surface area contributed by atoms with E-state index in [0.717, 1.165) is 26.5 Å². The van der Waals surface area contributed by atoms with Gasteiger partial charge in [-0.3, -0.25) is 4.79 Å². The smallest absolute Gasteiger partial charge is 0.185 e. The Labute approximate surface area is 147 Å². The monoisotopic (exact) mass is 385 g/mol. The number of benzene rings is 2. The first-order chi connectivity index (χ1) is 11.0. The lowest BCUT2D eigenvalue weighted by atomic mass is 10.1. The molecular weight excluding hydrogens is 374 g/mol. The zero-order valence-corrected chi connectivity index (χ0v) is 14.7. The van der Waals surface area contributed by atoms with E-state index >= 15 is 0 Å². The molecule has 0 fully saturated rings. The molecule has 0 N–H and O–H groups in total. The number of aryl methyl sites for hydroxylation is 1. The van der Waals surface area contributed by atoms with Gasteiger partial charge in [0.1, 0.15) is 5.15 Å². The van der Waals surface area contributed by atoms with Crippen molar-refractivity contribution in [2.45, 2.75) is 6.92 Å². The molecule has 0 saturated carbocycles. The minimum absolute atomic E-state index is 0.0714. The molecule has 23 heavy (non-hydrogen) atoms. The third-order valence-electron chi connectivity index (χ3n) is 3.57. The largest absolute Gasteiger partial charge is 0.289 e. The molecule has 0 atom stereocenters. The summed E-state index contributed by atoms with van der Waals surface area (Å²) in [5.74, 6) is -0.0714. The topological polar surface area (TPSA) is 30.0 Å². The van der Waals surface area contributed by atoms with E-state index in [1.54, 1.807) is 18.2 Å². The number of fused-ring (bicyclic) bond motifs is 1. The average molecular weight is 387 g/mol. The van der Waals surface area contributed by atoms with Crippen LogP contribution >= 0.6 is 27.5 Å². The molecule has 0 aliphatic heterocycles. The summed E-state index contributed by atoms with van der Waals surface area (Å²) in [6.45, 7) is 2.00. The van der Waals surface area contributed by atoms with E-state index in [1.807, 2.05) is 43.3 Å². The molecule has 114 valence electrons. The van der Waals surface area contributed by atoms with Crippen molar-refractivity contribution in [2.75, 3.05) is 0 Å². The van der Waals surface area contributed by atoms with Gasteiger partial charge in [0.15, 0.2) is 5.78 Å². The average Bonchev–Trinajstić information content (AvgIpc) is 2.54. The number of pyridine rings is 1. The number of allylic oxidation sites excluding steroid dienone is 1. The fourth-order valence-electron chi connectivity index (χ4n) is 2.33. The zero-order chi connectivity index (χ0) is 16.4. The molecule has 1 heterocycles. The summed E-state index contributed by atoms with van der Waals surface area (Å²) >= 11 is 9.60. The first-order valence-electron chi connectivity index (χ1n) is 7.08. The van der Waals surface area contributed by atoms with Crippen LogP contribution in [0.25, 0.3) is 17.0 Å². The molecular formula is C19H13BrClNO. The van der Waals surface area contributed by atoms with Gasteiger partial charge in [-0.05, 0) is 55.0 Å². The van der Waals surface area contributed by atoms with E-state index in [2.05, 4.69) is 20.9 Å². The van der Waals surface area contributed by atoms with E-state index in [-0.39, 0.29) is 5.78 Å². The third-order valence-corrected chi connectivity index (χ3v) is 4.40. The van der Waals surface area contributed by atoms with Crippen LogP contribution in [0.5, 0.6) is 0 Å². The van der Waals surface area contributed by atoms with Gasteiger partial charge in [-0.25, -0.2) is 4.98 Å². The minimum Gasteiger partial charge on any atom is -0.289 e. The number of rotatable bonds is 3. The van der Waals surface area contributed by atoms with Crippen LogP contribution < -0.4 is 0 Å². The van der Waals surface area contributed by atoms with Crippen molar-refractivity contribution >= 4 is 50.3 Å². The quantitative estimate of drug-likeness (QED) is 0.321. The molecule has 0 radical (unpaired) electrons. The van der Waals surface area contributed by atoms with Gasteiger partial charge < -0.3 is 0 Å². The van der Waals surface area contributed by atoms with Crippen LogP contribution in [0.3, 0.4) is 0 Å². The van der Waals surface area contributed by atoms with Gasteiger partial charge in [-0.15, -0.1) is 0 Å². The van der Waals surface area contributed by atoms with Gasteiger partial charge in [-0.1, -0.05) is 45.7 Å². The van der Waals surface area contributed by atoms with E-state index in [4.69, 9.17) is 11.6 Å². The summed E-state index contributed by atoms with van der Waals surface area (Å²) in [5, 5.41) is 1.40. The summed E-state index contributed by atoms with van der Waals surface area (Å²) in [4.78, 5) is 16.6. The number of carbonyl (C=O) groups is 1. The Bertz CT molecular complexity index is 917. The van der Waals surface area contributed by atoms with Crippen molar-refractivity contribution < 1.29 is 4.79 Å². The Kier molecular flexibility index (Phi) is 4.60. The minimum atomic E-state index is -0.0714. The number of hydrogen-bond donors (Lipinski definition) is 0. The number of nitrogens with zero attached hydrogens (tertiary/aromatic N) is 1. The van der Waals surface area contributed by atoms with Crippen LogP contribution in [-0.2, 0) is 0 Å². The molecule has 0 bridgehead atoms. The van der Waals surface area contributed by atoms with Crippen molar-refractivity contribution in [1.29, 1.82) is 0 Å². The Morgan fingerprint density at radius 3 is 2.65 bits per heavy atom. The second-order valence-electron chi connectivity index (χ2n) is 5.22. The standard InChI is InChI=1S/C19H13BrClNO/c1-12-3-2-4-14-11-15(19(21)22-18(12)14)7-10-17(23)13-5-8-16(20)9-6-13/h2-11H,1H3. The predicted octanol–water partition coefficient (Wildman–Crippen LogP) is 5.86. The van der Waals surface area contributed by atoms with Gasteiger partial charge in [0.2, 0.25) is 0 Å². The molecule has 0 unspecified atom stereocenters. The molecule has 3 aromatic rings. The first-order valence-corrected chi connectivity index (χ1v) is 8.25. The lowest BCUT2D eigenvalue weighted by Gasteiger charge is -2.04. The van der Waals surface area contributed by atoms with Crippen molar-refractivity contribution in [3.05, 3.63) is 80.9 Å². The summed E-state index contributed by atoms with van der Waals surface area (Å²) in [6, 6.07) is 15.2. The molecule has 0 aliphatic rings. The molecule has 0 saturated heterocycles. The Morgan fingerprint density at radius 1 is 1.17 bits per heavy atom. The number of ketones is 1. The van der Waals surface area contributed by atoms with E-state index in [1.165, 1.54) is 6.08 Å². The van der Waals surface area contributed by atoms with Gasteiger partial charge in [0, 0.05) is 21.0 Å². The fraction of sp³-hybridized carbons (Fsp3) is 0.0526. The van der Waals surface area contributed by atoms with Crippen LogP contribution in [-0.4, -0.2) is 10.8 Å². The van der Waals surface area contributed by atoms with Gasteiger partial charge >= 0.3 is 0 Å². The molecule has 3 rings (SSSR count). The van der Waals surface area contributed by atoms with Crippen LogP contribution in [0.4, 0.5) is 0 Å². The van der Waals surface area contributed by atoms with E-state index < -0.39 is 0 Å². The van der Waals surface area contributed by atoms with E-state index in [0.29, 0.717) is 10.7 Å². The molecule has 4 heteroatoms. The van der Waals surface area contributed by atoms with Gasteiger partial charge in [-0.2, -0.15) is 0 Å². The Balaban J connectivity index is 1.93. The maximum atomic E-state index is 12.2. The van der Waals surface area contributed by atoms with Crippen LogP contribution in [0.1, 0.15) is 21.5 Å². The highest BCUT2D eigenvalue weighted by molar-refractivity contribution is 9.10. The highest BCUT2D eigenvalue weighted by Crippen LogP contribution is 2.24. The van der Waals surface area contributed by atoms with Crippen molar-refractivity contribution in [2.24, 2.45) is 0 Å². The molecule has 0 spiro atoms. The number of para-hydroxylation sites is 1. The van der Waals surface area contributed by atoms with E-state index in [9.17, 15) is 4.79 Å².